The Morgan fingerprint density at radius 3 is 2.89 bits per heavy atom. The van der Waals surface area contributed by atoms with Gasteiger partial charge in [0.25, 0.3) is 0 Å². The van der Waals surface area contributed by atoms with Gasteiger partial charge in [-0.25, -0.2) is 4.98 Å². The van der Waals surface area contributed by atoms with E-state index in [0.29, 0.717) is 16.9 Å². The third-order valence-electron chi connectivity index (χ3n) is 4.71. The van der Waals surface area contributed by atoms with Gasteiger partial charge in [-0.2, -0.15) is 5.26 Å². The van der Waals surface area contributed by atoms with Crippen LogP contribution in [0.3, 0.4) is 0 Å². The van der Waals surface area contributed by atoms with Crippen LogP contribution in [0.5, 0.6) is 0 Å². The first kappa shape index (κ1) is 12.9. The number of anilines is 1. The number of aromatic nitrogens is 1. The van der Waals surface area contributed by atoms with E-state index < -0.39 is 0 Å². The molecular formula is C15H21N3. The van der Waals surface area contributed by atoms with E-state index in [-0.39, 0.29) is 0 Å². The van der Waals surface area contributed by atoms with Gasteiger partial charge in [-0.05, 0) is 42.2 Å². The van der Waals surface area contributed by atoms with Crippen LogP contribution in [0.1, 0.15) is 39.2 Å². The normalized spacial score (nSPS) is 25.7. The molecule has 2 rings (SSSR count). The Hall–Kier alpha value is -1.56. The summed E-state index contributed by atoms with van der Waals surface area (Å²) >= 11 is 0. The minimum atomic E-state index is 0.370. The quantitative estimate of drug-likeness (QED) is 0.884. The van der Waals surface area contributed by atoms with E-state index in [0.717, 1.165) is 18.3 Å². The van der Waals surface area contributed by atoms with Gasteiger partial charge in [-0.1, -0.05) is 20.8 Å². The van der Waals surface area contributed by atoms with Crippen LogP contribution >= 0.6 is 0 Å². The molecule has 1 aliphatic rings. The second kappa shape index (κ2) is 4.97. The number of rotatable bonds is 3. The van der Waals surface area contributed by atoms with Gasteiger partial charge in [-0.3, -0.25) is 0 Å². The van der Waals surface area contributed by atoms with Crippen molar-refractivity contribution in [3.8, 4) is 6.07 Å². The maximum atomic E-state index is 9.03. The van der Waals surface area contributed by atoms with E-state index in [1.165, 1.54) is 12.8 Å². The summed E-state index contributed by atoms with van der Waals surface area (Å²) in [4.78, 5) is 4.24. The summed E-state index contributed by atoms with van der Waals surface area (Å²) in [6, 6.07) is 5.78. The van der Waals surface area contributed by atoms with E-state index in [2.05, 4.69) is 37.1 Å². The van der Waals surface area contributed by atoms with Gasteiger partial charge in [0.15, 0.2) is 0 Å². The van der Waals surface area contributed by atoms with Crippen molar-refractivity contribution in [3.63, 3.8) is 0 Å². The van der Waals surface area contributed by atoms with E-state index in [1.807, 2.05) is 0 Å². The summed E-state index contributed by atoms with van der Waals surface area (Å²) in [7, 11) is 0. The van der Waals surface area contributed by atoms with Crippen LogP contribution in [0.25, 0.3) is 0 Å². The molecule has 1 N–H and O–H groups in total. The molecule has 0 saturated heterocycles. The Bertz CT molecular complexity index is 459. The molecule has 3 nitrogen and oxygen atoms in total. The fraction of sp³-hybridized carbons (Fsp3) is 0.600. The van der Waals surface area contributed by atoms with Crippen molar-refractivity contribution in [2.45, 2.75) is 33.6 Å². The van der Waals surface area contributed by atoms with Crippen molar-refractivity contribution in [2.24, 2.45) is 17.3 Å². The zero-order chi connectivity index (χ0) is 13.2. The maximum absolute atomic E-state index is 9.03. The van der Waals surface area contributed by atoms with E-state index in [9.17, 15) is 0 Å². The average Bonchev–Trinajstić information content (AvgIpc) is 2.62. The molecule has 1 aromatic heterocycles. The fourth-order valence-electron chi connectivity index (χ4n) is 2.82. The van der Waals surface area contributed by atoms with Crippen LogP contribution < -0.4 is 5.32 Å². The molecule has 0 radical (unpaired) electrons. The highest BCUT2D eigenvalue weighted by Crippen LogP contribution is 2.46. The number of pyridine rings is 1. The molecule has 2 atom stereocenters. The third-order valence-corrected chi connectivity index (χ3v) is 4.71. The molecule has 1 aromatic rings. The van der Waals surface area contributed by atoms with Gasteiger partial charge in [0, 0.05) is 12.7 Å². The standard InChI is InChI=1S/C15H21N3/c1-11-6-7-13(15(11,2)3)10-18-14-12(9-16)5-4-8-17-14/h4-5,8,11,13H,6-7,10H2,1-3H3,(H,17,18)/t11?,13-/m1/s1. The van der Waals surface area contributed by atoms with Gasteiger partial charge in [0.2, 0.25) is 0 Å². The summed E-state index contributed by atoms with van der Waals surface area (Å²) in [5, 5.41) is 12.4. The SMILES string of the molecule is CC1CC[C@H](CNc2ncccc2C#N)C1(C)C. The van der Waals surface area contributed by atoms with Crippen molar-refractivity contribution >= 4 is 5.82 Å². The predicted octanol–water partition coefficient (Wildman–Crippen LogP) is 3.44. The average molecular weight is 243 g/mol. The molecule has 0 bridgehead atoms. The number of nitriles is 1. The van der Waals surface area contributed by atoms with Crippen molar-refractivity contribution in [1.82, 2.24) is 4.98 Å². The van der Waals surface area contributed by atoms with E-state index in [1.54, 1.807) is 18.3 Å². The van der Waals surface area contributed by atoms with Crippen LogP contribution in [0.4, 0.5) is 5.82 Å². The minimum Gasteiger partial charge on any atom is -0.369 e. The lowest BCUT2D eigenvalue weighted by Gasteiger charge is -2.31. The monoisotopic (exact) mass is 243 g/mol. The lowest BCUT2D eigenvalue weighted by Crippen LogP contribution is -2.29. The smallest absolute Gasteiger partial charge is 0.143 e. The Balaban J connectivity index is 2.03. The number of nitrogens with one attached hydrogen (secondary N) is 1. The zero-order valence-electron chi connectivity index (χ0n) is 11.4. The molecule has 96 valence electrons. The van der Waals surface area contributed by atoms with Crippen molar-refractivity contribution < 1.29 is 0 Å². The second-order valence-corrected chi connectivity index (χ2v) is 5.89. The van der Waals surface area contributed by atoms with Crippen LogP contribution in [-0.4, -0.2) is 11.5 Å². The highest BCUT2D eigenvalue weighted by atomic mass is 15.0. The molecule has 1 heterocycles. The van der Waals surface area contributed by atoms with E-state index >= 15 is 0 Å². The molecule has 0 amide bonds. The molecule has 1 aliphatic carbocycles. The summed E-state index contributed by atoms with van der Waals surface area (Å²) in [5.41, 5.74) is 0.996. The number of nitrogens with zero attached hydrogens (tertiary/aromatic N) is 2. The van der Waals surface area contributed by atoms with Gasteiger partial charge in [0.1, 0.15) is 11.9 Å². The maximum Gasteiger partial charge on any atom is 0.143 e. The molecular weight excluding hydrogens is 222 g/mol. The molecule has 0 spiro atoms. The zero-order valence-corrected chi connectivity index (χ0v) is 11.4. The van der Waals surface area contributed by atoms with Gasteiger partial charge >= 0.3 is 0 Å². The van der Waals surface area contributed by atoms with Crippen LogP contribution in [0.2, 0.25) is 0 Å². The lowest BCUT2D eigenvalue weighted by molar-refractivity contribution is 0.207. The Labute approximate surface area is 109 Å². The van der Waals surface area contributed by atoms with Gasteiger partial charge in [0.05, 0.1) is 5.56 Å². The molecule has 0 aromatic carbocycles. The first-order chi connectivity index (χ1) is 8.55. The van der Waals surface area contributed by atoms with Crippen LogP contribution in [0.15, 0.2) is 18.3 Å². The minimum absolute atomic E-state index is 0.370. The molecule has 3 heteroatoms. The van der Waals surface area contributed by atoms with Crippen molar-refractivity contribution in [2.75, 3.05) is 11.9 Å². The largest absolute Gasteiger partial charge is 0.369 e. The van der Waals surface area contributed by atoms with Crippen LogP contribution in [-0.2, 0) is 0 Å². The predicted molar refractivity (Wildman–Crippen MR) is 73.1 cm³/mol. The third kappa shape index (κ3) is 2.33. The fourth-order valence-corrected chi connectivity index (χ4v) is 2.82. The Kier molecular flexibility index (Phi) is 3.56. The second-order valence-electron chi connectivity index (χ2n) is 5.89. The molecule has 1 unspecified atom stereocenters. The van der Waals surface area contributed by atoms with Crippen LogP contribution in [0, 0.1) is 28.6 Å². The first-order valence-corrected chi connectivity index (χ1v) is 6.64. The highest BCUT2D eigenvalue weighted by molar-refractivity contribution is 5.51. The van der Waals surface area contributed by atoms with Crippen molar-refractivity contribution in [1.29, 1.82) is 5.26 Å². The number of hydrogen-bond acceptors (Lipinski definition) is 3. The van der Waals surface area contributed by atoms with E-state index in [4.69, 9.17) is 5.26 Å². The van der Waals surface area contributed by atoms with Gasteiger partial charge in [-0.15, -0.1) is 0 Å². The number of hydrogen-bond donors (Lipinski definition) is 1. The van der Waals surface area contributed by atoms with Crippen molar-refractivity contribution in [3.05, 3.63) is 23.9 Å². The Morgan fingerprint density at radius 2 is 2.28 bits per heavy atom. The highest BCUT2D eigenvalue weighted by Gasteiger charge is 2.39. The van der Waals surface area contributed by atoms with Gasteiger partial charge < -0.3 is 5.32 Å². The molecule has 1 saturated carbocycles. The molecule has 1 fully saturated rings. The first-order valence-electron chi connectivity index (χ1n) is 6.64. The summed E-state index contributed by atoms with van der Waals surface area (Å²) < 4.78 is 0. The summed E-state index contributed by atoms with van der Waals surface area (Å²) in [6.07, 6.45) is 4.29. The lowest BCUT2D eigenvalue weighted by atomic mass is 9.76. The summed E-state index contributed by atoms with van der Waals surface area (Å²) in [6.45, 7) is 7.94. The molecule has 18 heavy (non-hydrogen) atoms. The Morgan fingerprint density at radius 1 is 1.50 bits per heavy atom. The molecule has 0 aliphatic heterocycles. The topological polar surface area (TPSA) is 48.7 Å². The summed E-state index contributed by atoms with van der Waals surface area (Å²) in [5.74, 6) is 2.14.